The van der Waals surface area contributed by atoms with Crippen LogP contribution >= 0.6 is 11.3 Å². The topological polar surface area (TPSA) is 84.9 Å². The summed E-state index contributed by atoms with van der Waals surface area (Å²) in [6, 6.07) is 29.6. The number of urea groups is 1. The summed E-state index contributed by atoms with van der Waals surface area (Å²) in [4.78, 5) is 42.0. The van der Waals surface area contributed by atoms with Crippen LogP contribution in [-0.4, -0.2) is 42.0 Å². The maximum absolute atomic E-state index is 13.5. The molecule has 43 heavy (non-hydrogen) atoms. The van der Waals surface area contributed by atoms with E-state index in [1.807, 2.05) is 110 Å². The Morgan fingerprint density at radius 2 is 1.40 bits per heavy atom. The van der Waals surface area contributed by atoms with Crippen molar-refractivity contribution in [2.45, 2.75) is 45.9 Å². The van der Waals surface area contributed by atoms with Crippen LogP contribution in [0.25, 0.3) is 10.4 Å². The SMILES string of the molecule is CC(C)CN(CCC(=O)OCc1ccccc1)C(=O)N[C@@H](Cc1ccc(-c2cccs2)cc1)C(=O)OCc1ccccc1. The fourth-order valence-electron chi connectivity index (χ4n) is 4.50. The zero-order valence-electron chi connectivity index (χ0n) is 24.6. The molecule has 0 saturated heterocycles. The maximum Gasteiger partial charge on any atom is 0.329 e. The molecule has 0 radical (unpaired) electrons. The van der Waals surface area contributed by atoms with Crippen LogP contribution in [0.2, 0.25) is 0 Å². The fraction of sp³-hybridized carbons (Fsp3) is 0.286. The molecule has 2 amide bonds. The lowest BCUT2D eigenvalue weighted by Gasteiger charge is -2.27. The molecule has 1 heterocycles. The first-order chi connectivity index (χ1) is 20.9. The molecule has 7 nitrogen and oxygen atoms in total. The minimum atomic E-state index is -0.913. The number of esters is 2. The Morgan fingerprint density at radius 3 is 1.98 bits per heavy atom. The third-order valence-corrected chi connectivity index (χ3v) is 7.63. The van der Waals surface area contributed by atoms with Gasteiger partial charge in [-0.15, -0.1) is 11.3 Å². The van der Waals surface area contributed by atoms with E-state index in [1.54, 1.807) is 16.2 Å². The van der Waals surface area contributed by atoms with Crippen molar-refractivity contribution in [1.29, 1.82) is 0 Å². The van der Waals surface area contributed by atoms with Gasteiger partial charge in [-0.25, -0.2) is 9.59 Å². The van der Waals surface area contributed by atoms with E-state index in [9.17, 15) is 14.4 Å². The highest BCUT2D eigenvalue weighted by molar-refractivity contribution is 7.13. The lowest BCUT2D eigenvalue weighted by molar-refractivity contribution is -0.147. The number of amides is 2. The second-order valence-electron chi connectivity index (χ2n) is 10.7. The summed E-state index contributed by atoms with van der Waals surface area (Å²) in [7, 11) is 0. The van der Waals surface area contributed by atoms with Gasteiger partial charge in [-0.3, -0.25) is 4.79 Å². The van der Waals surface area contributed by atoms with Gasteiger partial charge in [0.1, 0.15) is 19.3 Å². The van der Waals surface area contributed by atoms with Gasteiger partial charge in [0.05, 0.1) is 6.42 Å². The van der Waals surface area contributed by atoms with E-state index in [-0.39, 0.29) is 38.5 Å². The van der Waals surface area contributed by atoms with Gasteiger partial charge in [0.25, 0.3) is 0 Å². The molecule has 0 spiro atoms. The van der Waals surface area contributed by atoms with E-state index >= 15 is 0 Å². The largest absolute Gasteiger partial charge is 0.461 e. The molecule has 1 aromatic heterocycles. The van der Waals surface area contributed by atoms with Crippen LogP contribution in [-0.2, 0) is 38.7 Å². The monoisotopic (exact) mass is 598 g/mol. The van der Waals surface area contributed by atoms with E-state index in [0.717, 1.165) is 27.1 Å². The first kappa shape index (κ1) is 31.5. The summed E-state index contributed by atoms with van der Waals surface area (Å²) >= 11 is 1.66. The molecule has 0 bridgehead atoms. The molecule has 1 N–H and O–H groups in total. The predicted octanol–water partition coefficient (Wildman–Crippen LogP) is 6.87. The number of hydrogen-bond donors (Lipinski definition) is 1. The molecule has 4 rings (SSSR count). The smallest absolute Gasteiger partial charge is 0.329 e. The Morgan fingerprint density at radius 1 is 0.767 bits per heavy atom. The number of benzene rings is 3. The molecule has 4 aromatic rings. The lowest BCUT2D eigenvalue weighted by atomic mass is 10.0. The highest BCUT2D eigenvalue weighted by Crippen LogP contribution is 2.25. The normalized spacial score (nSPS) is 11.5. The summed E-state index contributed by atoms with van der Waals surface area (Å²) in [6.45, 7) is 4.85. The molecule has 1 atom stereocenters. The molecule has 0 fully saturated rings. The van der Waals surface area contributed by atoms with Crippen molar-refractivity contribution < 1.29 is 23.9 Å². The Balaban J connectivity index is 1.42. The van der Waals surface area contributed by atoms with Crippen LogP contribution in [0.5, 0.6) is 0 Å². The van der Waals surface area contributed by atoms with Crippen LogP contribution in [0.4, 0.5) is 4.79 Å². The molecule has 3 aromatic carbocycles. The average Bonchev–Trinajstić information content (AvgIpc) is 3.57. The molecule has 0 aliphatic rings. The summed E-state index contributed by atoms with van der Waals surface area (Å²) in [5.41, 5.74) is 3.74. The van der Waals surface area contributed by atoms with Crippen LogP contribution in [0, 0.1) is 5.92 Å². The number of nitrogens with one attached hydrogen (secondary N) is 1. The molecular weight excluding hydrogens is 560 g/mol. The average molecular weight is 599 g/mol. The van der Waals surface area contributed by atoms with E-state index < -0.39 is 24.0 Å². The Bertz CT molecular complexity index is 1420. The quantitative estimate of drug-likeness (QED) is 0.160. The van der Waals surface area contributed by atoms with Crippen molar-refractivity contribution in [3.8, 4) is 10.4 Å². The first-order valence-electron chi connectivity index (χ1n) is 14.5. The van der Waals surface area contributed by atoms with Crippen LogP contribution in [0.1, 0.15) is 37.0 Å². The van der Waals surface area contributed by atoms with Crippen molar-refractivity contribution in [3.63, 3.8) is 0 Å². The minimum Gasteiger partial charge on any atom is -0.461 e. The molecular formula is C35H38N2O5S. The highest BCUT2D eigenvalue weighted by atomic mass is 32.1. The third kappa shape index (κ3) is 10.4. The Hall–Kier alpha value is -4.43. The molecule has 0 aliphatic carbocycles. The summed E-state index contributed by atoms with van der Waals surface area (Å²) in [5.74, 6) is -0.763. The second kappa shape index (κ2) is 16.3. The Kier molecular flexibility index (Phi) is 11.9. The van der Waals surface area contributed by atoms with Crippen molar-refractivity contribution in [1.82, 2.24) is 10.2 Å². The minimum absolute atomic E-state index is 0.0419. The molecule has 0 saturated carbocycles. The number of ether oxygens (including phenoxy) is 2. The molecule has 8 heteroatoms. The molecule has 0 aliphatic heterocycles. The number of thiophene rings is 1. The first-order valence-corrected chi connectivity index (χ1v) is 15.3. The van der Waals surface area contributed by atoms with E-state index in [0.29, 0.717) is 6.54 Å². The van der Waals surface area contributed by atoms with Gasteiger partial charge < -0.3 is 19.7 Å². The molecule has 224 valence electrons. The van der Waals surface area contributed by atoms with Gasteiger partial charge in [0, 0.05) is 24.4 Å². The van der Waals surface area contributed by atoms with Gasteiger partial charge in [0.2, 0.25) is 0 Å². The molecule has 0 unspecified atom stereocenters. The van der Waals surface area contributed by atoms with Gasteiger partial charge in [-0.2, -0.15) is 0 Å². The number of carbonyl (C=O) groups excluding carboxylic acids is 3. The van der Waals surface area contributed by atoms with Crippen molar-refractivity contribution in [2.24, 2.45) is 5.92 Å². The van der Waals surface area contributed by atoms with Gasteiger partial charge in [-0.1, -0.05) is 105 Å². The zero-order chi connectivity index (χ0) is 30.4. The van der Waals surface area contributed by atoms with E-state index in [2.05, 4.69) is 11.4 Å². The predicted molar refractivity (Wildman–Crippen MR) is 169 cm³/mol. The zero-order valence-corrected chi connectivity index (χ0v) is 25.4. The lowest BCUT2D eigenvalue weighted by Crippen LogP contribution is -2.50. The number of rotatable bonds is 14. The van der Waals surface area contributed by atoms with Crippen molar-refractivity contribution >= 4 is 29.3 Å². The summed E-state index contributed by atoms with van der Waals surface area (Å²) in [6.07, 6.45) is 0.305. The highest BCUT2D eigenvalue weighted by Gasteiger charge is 2.26. The van der Waals surface area contributed by atoms with Gasteiger partial charge >= 0.3 is 18.0 Å². The van der Waals surface area contributed by atoms with Crippen LogP contribution < -0.4 is 5.32 Å². The number of carbonyl (C=O) groups is 3. The standard InChI is InChI=1S/C35H38N2O5S/c1-26(2)23-37(20-19-33(38)41-24-28-10-5-3-6-11-28)35(40)36-31(34(39)42-25-29-12-7-4-8-13-29)22-27-15-17-30(18-16-27)32-14-9-21-43-32/h3-18,21,26,31H,19-20,22-25H2,1-2H3,(H,36,40)/t31-/m0/s1. The summed E-state index contributed by atoms with van der Waals surface area (Å²) < 4.78 is 11.0. The fourth-order valence-corrected chi connectivity index (χ4v) is 5.23. The number of hydrogen-bond acceptors (Lipinski definition) is 6. The summed E-state index contributed by atoms with van der Waals surface area (Å²) in [5, 5.41) is 4.92. The van der Waals surface area contributed by atoms with Crippen LogP contribution in [0.3, 0.4) is 0 Å². The Labute approximate surface area is 257 Å². The van der Waals surface area contributed by atoms with Gasteiger partial charge in [-0.05, 0) is 39.6 Å². The van der Waals surface area contributed by atoms with Gasteiger partial charge in [0.15, 0.2) is 0 Å². The van der Waals surface area contributed by atoms with E-state index in [1.165, 1.54) is 0 Å². The maximum atomic E-state index is 13.5. The number of nitrogens with zero attached hydrogens (tertiary/aromatic N) is 1. The van der Waals surface area contributed by atoms with Crippen molar-refractivity contribution in [2.75, 3.05) is 13.1 Å². The van der Waals surface area contributed by atoms with Crippen molar-refractivity contribution in [3.05, 3.63) is 119 Å². The van der Waals surface area contributed by atoms with Crippen LogP contribution in [0.15, 0.2) is 102 Å². The van der Waals surface area contributed by atoms with E-state index in [4.69, 9.17) is 9.47 Å². The second-order valence-corrected chi connectivity index (χ2v) is 11.7. The third-order valence-electron chi connectivity index (χ3n) is 6.71.